The Hall–Kier alpha value is -0.610. The van der Waals surface area contributed by atoms with Gasteiger partial charge >= 0.3 is 0 Å². The molecule has 76 valence electrons. The van der Waals surface area contributed by atoms with Crippen LogP contribution in [0.25, 0.3) is 0 Å². The lowest BCUT2D eigenvalue weighted by atomic mass is 10.2. The summed E-state index contributed by atoms with van der Waals surface area (Å²) in [4.78, 5) is 13.4. The number of carbonyl (C=O) groups is 1. The molecule has 1 N–H and O–H groups in total. The lowest BCUT2D eigenvalue weighted by molar-refractivity contribution is -0.138. The van der Waals surface area contributed by atoms with Gasteiger partial charge in [-0.3, -0.25) is 4.79 Å². The van der Waals surface area contributed by atoms with Gasteiger partial charge in [0.05, 0.1) is 0 Å². The molecule has 0 spiro atoms. The summed E-state index contributed by atoms with van der Waals surface area (Å²) in [5.74, 6) is 0.107. The van der Waals surface area contributed by atoms with Crippen molar-refractivity contribution < 1.29 is 9.53 Å². The van der Waals surface area contributed by atoms with E-state index in [1.165, 1.54) is 0 Å². The smallest absolute Gasteiger partial charge is 0.248 e. The molecule has 0 bridgehead atoms. The lowest BCUT2D eigenvalue weighted by Crippen LogP contribution is -2.53. The summed E-state index contributed by atoms with van der Waals surface area (Å²) >= 11 is 0. The van der Waals surface area contributed by atoms with E-state index < -0.39 is 0 Å². The highest BCUT2D eigenvalue weighted by atomic mass is 16.5. The van der Waals surface area contributed by atoms with E-state index in [-0.39, 0.29) is 12.5 Å². The van der Waals surface area contributed by atoms with Crippen molar-refractivity contribution in [2.24, 2.45) is 0 Å². The van der Waals surface area contributed by atoms with Crippen LogP contribution in [0.3, 0.4) is 0 Å². The van der Waals surface area contributed by atoms with Crippen LogP contribution in [-0.4, -0.2) is 49.7 Å². The van der Waals surface area contributed by atoms with Crippen molar-refractivity contribution in [2.75, 3.05) is 32.8 Å². The average molecular weight is 186 g/mol. The Morgan fingerprint density at radius 3 is 3.08 bits per heavy atom. The van der Waals surface area contributed by atoms with E-state index in [2.05, 4.69) is 12.2 Å². The first kappa shape index (κ1) is 10.5. The maximum atomic E-state index is 11.5. The van der Waals surface area contributed by atoms with Crippen LogP contribution >= 0.6 is 0 Å². The van der Waals surface area contributed by atoms with E-state index >= 15 is 0 Å². The van der Waals surface area contributed by atoms with Gasteiger partial charge in [0.25, 0.3) is 0 Å². The first-order valence-electron chi connectivity index (χ1n) is 4.83. The minimum Gasteiger partial charge on any atom is -0.372 e. The van der Waals surface area contributed by atoms with Gasteiger partial charge in [-0.15, -0.1) is 0 Å². The second-order valence-corrected chi connectivity index (χ2v) is 3.28. The molecule has 1 saturated heterocycles. The molecule has 1 aliphatic heterocycles. The number of piperazine rings is 1. The molecule has 1 aliphatic rings. The number of ether oxygens (including phenoxy) is 1. The summed E-state index contributed by atoms with van der Waals surface area (Å²) in [7, 11) is 0. The third-order valence-electron chi connectivity index (χ3n) is 2.25. The quantitative estimate of drug-likeness (QED) is 0.666. The number of nitrogens with zero attached hydrogens (tertiary/aromatic N) is 1. The van der Waals surface area contributed by atoms with Gasteiger partial charge in [0.1, 0.15) is 6.61 Å². The molecule has 0 radical (unpaired) electrons. The Labute approximate surface area is 79.2 Å². The molecule has 1 atom stereocenters. The first-order valence-corrected chi connectivity index (χ1v) is 4.83. The van der Waals surface area contributed by atoms with E-state index in [1.807, 2.05) is 11.8 Å². The SMILES string of the molecule is CCOCC(=O)N1CCNC[C@H]1C. The number of rotatable bonds is 3. The Morgan fingerprint density at radius 2 is 2.46 bits per heavy atom. The Bertz CT molecular complexity index is 173. The molecular weight excluding hydrogens is 168 g/mol. The minimum absolute atomic E-state index is 0.107. The molecule has 4 nitrogen and oxygen atoms in total. The van der Waals surface area contributed by atoms with Crippen LogP contribution in [0, 0.1) is 0 Å². The molecule has 1 rings (SSSR count). The monoisotopic (exact) mass is 186 g/mol. The van der Waals surface area contributed by atoms with Crippen LogP contribution in [0.5, 0.6) is 0 Å². The Morgan fingerprint density at radius 1 is 1.69 bits per heavy atom. The number of hydrogen-bond donors (Lipinski definition) is 1. The van der Waals surface area contributed by atoms with Gasteiger partial charge in [-0.25, -0.2) is 0 Å². The van der Waals surface area contributed by atoms with Crippen molar-refractivity contribution in [2.45, 2.75) is 19.9 Å². The van der Waals surface area contributed by atoms with E-state index in [0.29, 0.717) is 12.6 Å². The standard InChI is InChI=1S/C9H18N2O2/c1-3-13-7-9(12)11-5-4-10-6-8(11)2/h8,10H,3-7H2,1-2H3/t8-/m1/s1. The van der Waals surface area contributed by atoms with Crippen molar-refractivity contribution in [3.05, 3.63) is 0 Å². The molecule has 1 fully saturated rings. The largest absolute Gasteiger partial charge is 0.372 e. The number of nitrogens with one attached hydrogen (secondary N) is 1. The highest BCUT2D eigenvalue weighted by Gasteiger charge is 2.22. The van der Waals surface area contributed by atoms with Gasteiger partial charge in [-0.2, -0.15) is 0 Å². The second-order valence-electron chi connectivity index (χ2n) is 3.28. The zero-order chi connectivity index (χ0) is 9.68. The fourth-order valence-corrected chi connectivity index (χ4v) is 1.48. The summed E-state index contributed by atoms with van der Waals surface area (Å²) in [6.45, 7) is 7.35. The first-order chi connectivity index (χ1) is 6.25. The molecule has 1 amide bonds. The fourth-order valence-electron chi connectivity index (χ4n) is 1.48. The van der Waals surface area contributed by atoms with Gasteiger partial charge in [0.2, 0.25) is 5.91 Å². The molecule has 1 heterocycles. The molecule has 0 aliphatic carbocycles. The summed E-state index contributed by atoms with van der Waals surface area (Å²) in [5, 5.41) is 3.24. The summed E-state index contributed by atoms with van der Waals surface area (Å²) in [6, 6.07) is 0.293. The van der Waals surface area contributed by atoms with Crippen LogP contribution in [-0.2, 0) is 9.53 Å². The fraction of sp³-hybridized carbons (Fsp3) is 0.889. The topological polar surface area (TPSA) is 41.6 Å². The van der Waals surface area contributed by atoms with Crippen LogP contribution < -0.4 is 5.32 Å². The molecule has 0 aromatic carbocycles. The zero-order valence-electron chi connectivity index (χ0n) is 8.38. The van der Waals surface area contributed by atoms with Crippen LogP contribution in [0.1, 0.15) is 13.8 Å². The van der Waals surface area contributed by atoms with Crippen molar-refractivity contribution in [1.29, 1.82) is 0 Å². The van der Waals surface area contributed by atoms with Gasteiger partial charge in [-0.1, -0.05) is 0 Å². The van der Waals surface area contributed by atoms with Gasteiger partial charge in [0.15, 0.2) is 0 Å². The number of hydrogen-bond acceptors (Lipinski definition) is 3. The summed E-state index contributed by atoms with van der Waals surface area (Å²) < 4.78 is 5.09. The minimum atomic E-state index is 0.107. The van der Waals surface area contributed by atoms with Crippen LogP contribution in [0.15, 0.2) is 0 Å². The summed E-state index contributed by atoms with van der Waals surface area (Å²) in [6.07, 6.45) is 0. The van der Waals surface area contributed by atoms with Gasteiger partial charge < -0.3 is 15.0 Å². The van der Waals surface area contributed by atoms with Crippen LogP contribution in [0.2, 0.25) is 0 Å². The van der Waals surface area contributed by atoms with Crippen molar-refractivity contribution in [3.8, 4) is 0 Å². The Balaban J connectivity index is 2.35. The third-order valence-corrected chi connectivity index (χ3v) is 2.25. The van der Waals surface area contributed by atoms with E-state index in [4.69, 9.17) is 4.74 Å². The van der Waals surface area contributed by atoms with Crippen LogP contribution in [0.4, 0.5) is 0 Å². The highest BCUT2D eigenvalue weighted by molar-refractivity contribution is 5.77. The van der Waals surface area contributed by atoms with E-state index in [0.717, 1.165) is 19.6 Å². The molecule has 0 aromatic heterocycles. The molecule has 0 aromatic rings. The normalized spacial score (nSPS) is 23.2. The van der Waals surface area contributed by atoms with Gasteiger partial charge in [0, 0.05) is 32.3 Å². The lowest BCUT2D eigenvalue weighted by Gasteiger charge is -2.33. The van der Waals surface area contributed by atoms with Crippen molar-refractivity contribution in [3.63, 3.8) is 0 Å². The molecule has 0 saturated carbocycles. The third kappa shape index (κ3) is 2.97. The molecular formula is C9H18N2O2. The van der Waals surface area contributed by atoms with Gasteiger partial charge in [-0.05, 0) is 13.8 Å². The average Bonchev–Trinajstić information content (AvgIpc) is 2.15. The van der Waals surface area contributed by atoms with Crippen molar-refractivity contribution >= 4 is 5.91 Å². The predicted molar refractivity (Wildman–Crippen MR) is 50.5 cm³/mol. The maximum Gasteiger partial charge on any atom is 0.248 e. The zero-order valence-corrected chi connectivity index (χ0v) is 8.38. The maximum absolute atomic E-state index is 11.5. The molecule has 0 unspecified atom stereocenters. The predicted octanol–water partition coefficient (Wildman–Crippen LogP) is -0.157. The Kier molecular flexibility index (Phi) is 4.18. The van der Waals surface area contributed by atoms with E-state index in [9.17, 15) is 4.79 Å². The second kappa shape index (κ2) is 5.19. The number of amides is 1. The van der Waals surface area contributed by atoms with Crippen molar-refractivity contribution in [1.82, 2.24) is 10.2 Å². The molecule has 13 heavy (non-hydrogen) atoms. The number of carbonyl (C=O) groups excluding carboxylic acids is 1. The summed E-state index contributed by atoms with van der Waals surface area (Å²) in [5.41, 5.74) is 0. The molecule has 4 heteroatoms. The highest BCUT2D eigenvalue weighted by Crippen LogP contribution is 2.02. The van der Waals surface area contributed by atoms with E-state index in [1.54, 1.807) is 0 Å².